The number of ether oxygens (including phenoxy) is 1. The molecule has 28 heavy (non-hydrogen) atoms. The van der Waals surface area contributed by atoms with Crippen LogP contribution in [-0.2, 0) is 6.54 Å². The molecular weight excluding hydrogens is 354 g/mol. The molecule has 5 rings (SSSR count). The zero-order valence-electron chi connectivity index (χ0n) is 15.0. The second-order valence-electron chi connectivity index (χ2n) is 6.65. The summed E-state index contributed by atoms with van der Waals surface area (Å²) in [5.74, 6) is -0.464. The van der Waals surface area contributed by atoms with E-state index in [1.165, 1.54) is 27.9 Å². The first kappa shape index (κ1) is 16.4. The second kappa shape index (κ2) is 6.46. The minimum Gasteiger partial charge on any atom is -0.492 e. The summed E-state index contributed by atoms with van der Waals surface area (Å²) in [7, 11) is 0. The Labute approximate surface area is 160 Å². The summed E-state index contributed by atoms with van der Waals surface area (Å²) in [6.07, 6.45) is 0. The van der Waals surface area contributed by atoms with Gasteiger partial charge in [-0.25, -0.2) is 4.79 Å². The van der Waals surface area contributed by atoms with Gasteiger partial charge < -0.3 is 18.8 Å². The van der Waals surface area contributed by atoms with E-state index in [2.05, 4.69) is 41.0 Å². The largest absolute Gasteiger partial charge is 0.492 e. The van der Waals surface area contributed by atoms with Crippen molar-refractivity contribution >= 4 is 38.7 Å². The molecule has 0 saturated carbocycles. The summed E-state index contributed by atoms with van der Waals surface area (Å²) >= 11 is 0. The van der Waals surface area contributed by atoms with Gasteiger partial charge in [0, 0.05) is 27.2 Å². The van der Waals surface area contributed by atoms with E-state index in [4.69, 9.17) is 14.3 Å². The molecule has 0 aliphatic heterocycles. The van der Waals surface area contributed by atoms with Crippen molar-refractivity contribution in [3.05, 3.63) is 78.6 Å². The van der Waals surface area contributed by atoms with Crippen molar-refractivity contribution in [2.75, 3.05) is 6.61 Å². The Balaban J connectivity index is 1.41. The maximum atomic E-state index is 11.0. The minimum absolute atomic E-state index is 0.0718. The van der Waals surface area contributed by atoms with E-state index in [0.717, 1.165) is 0 Å². The van der Waals surface area contributed by atoms with Crippen LogP contribution in [0.25, 0.3) is 32.8 Å². The number of hydrogen-bond acceptors (Lipinski definition) is 3. The summed E-state index contributed by atoms with van der Waals surface area (Å²) in [4.78, 5) is 11.0. The Bertz CT molecular complexity index is 1280. The molecule has 0 amide bonds. The Hall–Kier alpha value is -3.73. The fourth-order valence-electron chi connectivity index (χ4n) is 3.72. The molecule has 0 unspecified atom stereocenters. The highest BCUT2D eigenvalue weighted by Crippen LogP contribution is 2.29. The van der Waals surface area contributed by atoms with E-state index in [1.54, 1.807) is 18.2 Å². The van der Waals surface area contributed by atoms with E-state index in [-0.39, 0.29) is 5.76 Å². The highest BCUT2D eigenvalue weighted by Gasteiger charge is 2.12. The molecule has 5 heteroatoms. The molecule has 2 aromatic heterocycles. The number of benzene rings is 3. The Morgan fingerprint density at radius 1 is 0.929 bits per heavy atom. The van der Waals surface area contributed by atoms with Gasteiger partial charge in [-0.3, -0.25) is 0 Å². The molecule has 1 N–H and O–H groups in total. The highest BCUT2D eigenvalue weighted by molar-refractivity contribution is 6.07. The third-order valence-electron chi connectivity index (χ3n) is 4.96. The van der Waals surface area contributed by atoms with Gasteiger partial charge in [0.1, 0.15) is 17.9 Å². The number of carboxylic acids is 1. The van der Waals surface area contributed by atoms with Gasteiger partial charge in [-0.15, -0.1) is 0 Å². The number of fused-ring (bicyclic) bond motifs is 4. The van der Waals surface area contributed by atoms with Crippen LogP contribution in [0, 0.1) is 0 Å². The van der Waals surface area contributed by atoms with E-state index in [1.807, 2.05) is 12.1 Å². The monoisotopic (exact) mass is 371 g/mol. The number of furan rings is 1. The maximum Gasteiger partial charge on any atom is 0.371 e. The molecule has 0 spiro atoms. The summed E-state index contributed by atoms with van der Waals surface area (Å²) in [5, 5.41) is 12.2. The number of aromatic nitrogens is 1. The van der Waals surface area contributed by atoms with Gasteiger partial charge in [-0.05, 0) is 36.4 Å². The molecule has 0 fully saturated rings. The Kier molecular flexibility index (Phi) is 3.79. The summed E-state index contributed by atoms with van der Waals surface area (Å²) in [6.45, 7) is 1.20. The van der Waals surface area contributed by atoms with Gasteiger partial charge in [0.05, 0.1) is 6.54 Å². The highest BCUT2D eigenvalue weighted by atomic mass is 16.5. The van der Waals surface area contributed by atoms with Crippen LogP contribution in [0.1, 0.15) is 10.6 Å². The quantitative estimate of drug-likeness (QED) is 0.454. The number of aromatic carboxylic acids is 1. The smallest absolute Gasteiger partial charge is 0.371 e. The summed E-state index contributed by atoms with van der Waals surface area (Å²) in [5.41, 5.74) is 2.90. The van der Waals surface area contributed by atoms with Crippen molar-refractivity contribution in [1.82, 2.24) is 4.57 Å². The molecular formula is C23H17NO4. The Morgan fingerprint density at radius 3 is 2.29 bits per heavy atom. The first-order valence-electron chi connectivity index (χ1n) is 9.06. The standard InChI is InChI=1S/C23H17NO4/c25-23(26)22-14-15-13-16(9-10-21(15)28-22)27-12-11-24-19-7-3-1-5-17(19)18-6-2-4-8-20(18)24/h1-10,13-14H,11-12H2,(H,25,26). The zero-order valence-corrected chi connectivity index (χ0v) is 15.0. The lowest BCUT2D eigenvalue weighted by molar-refractivity contribution is 0.0665. The predicted octanol–water partition coefficient (Wildman–Crippen LogP) is 5.32. The predicted molar refractivity (Wildman–Crippen MR) is 108 cm³/mol. The molecule has 0 atom stereocenters. The van der Waals surface area contributed by atoms with Crippen molar-refractivity contribution < 1.29 is 19.1 Å². The lowest BCUT2D eigenvalue weighted by Crippen LogP contribution is -2.07. The average Bonchev–Trinajstić information content (AvgIpc) is 3.28. The molecule has 138 valence electrons. The van der Waals surface area contributed by atoms with Crippen molar-refractivity contribution in [3.63, 3.8) is 0 Å². The summed E-state index contributed by atoms with van der Waals surface area (Å²) < 4.78 is 13.5. The molecule has 0 aliphatic carbocycles. The fraction of sp³-hybridized carbons (Fsp3) is 0.0870. The molecule has 0 saturated heterocycles. The van der Waals surface area contributed by atoms with E-state index in [0.29, 0.717) is 29.9 Å². The maximum absolute atomic E-state index is 11.0. The van der Waals surface area contributed by atoms with E-state index in [9.17, 15) is 4.79 Å². The first-order valence-corrected chi connectivity index (χ1v) is 9.06. The molecule has 5 aromatic rings. The van der Waals surface area contributed by atoms with E-state index >= 15 is 0 Å². The lowest BCUT2D eigenvalue weighted by atomic mass is 10.2. The molecule has 0 bridgehead atoms. The van der Waals surface area contributed by atoms with Crippen LogP contribution in [0.15, 0.2) is 77.2 Å². The minimum atomic E-state index is -1.08. The normalized spacial score (nSPS) is 11.4. The van der Waals surface area contributed by atoms with Crippen molar-refractivity contribution in [1.29, 1.82) is 0 Å². The number of carboxylic acid groups (broad SMARTS) is 1. The van der Waals surface area contributed by atoms with Gasteiger partial charge in [0.25, 0.3) is 0 Å². The van der Waals surface area contributed by atoms with Gasteiger partial charge in [0.15, 0.2) is 0 Å². The van der Waals surface area contributed by atoms with Crippen LogP contribution >= 0.6 is 0 Å². The Morgan fingerprint density at radius 2 is 1.61 bits per heavy atom. The molecule has 3 aromatic carbocycles. The van der Waals surface area contributed by atoms with Crippen molar-refractivity contribution in [2.24, 2.45) is 0 Å². The third-order valence-corrected chi connectivity index (χ3v) is 4.96. The van der Waals surface area contributed by atoms with Crippen molar-refractivity contribution in [2.45, 2.75) is 6.54 Å². The van der Waals surface area contributed by atoms with E-state index < -0.39 is 5.97 Å². The zero-order chi connectivity index (χ0) is 19.1. The third kappa shape index (κ3) is 2.68. The van der Waals surface area contributed by atoms with Crippen LogP contribution in [0.4, 0.5) is 0 Å². The van der Waals surface area contributed by atoms with Gasteiger partial charge in [-0.1, -0.05) is 36.4 Å². The van der Waals surface area contributed by atoms with Crippen LogP contribution in [0.5, 0.6) is 5.75 Å². The van der Waals surface area contributed by atoms with Gasteiger partial charge in [-0.2, -0.15) is 0 Å². The number of carbonyl (C=O) groups is 1. The first-order chi connectivity index (χ1) is 13.7. The second-order valence-corrected chi connectivity index (χ2v) is 6.65. The molecule has 0 radical (unpaired) electrons. The molecule has 2 heterocycles. The molecule has 0 aliphatic rings. The van der Waals surface area contributed by atoms with Crippen molar-refractivity contribution in [3.8, 4) is 5.75 Å². The van der Waals surface area contributed by atoms with Crippen LogP contribution in [0.3, 0.4) is 0 Å². The topological polar surface area (TPSA) is 64.6 Å². The lowest BCUT2D eigenvalue weighted by Gasteiger charge is -2.09. The average molecular weight is 371 g/mol. The van der Waals surface area contributed by atoms with Gasteiger partial charge in [0.2, 0.25) is 5.76 Å². The molecule has 5 nitrogen and oxygen atoms in total. The van der Waals surface area contributed by atoms with Crippen LogP contribution in [-0.4, -0.2) is 22.2 Å². The number of hydrogen-bond donors (Lipinski definition) is 1. The summed E-state index contributed by atoms with van der Waals surface area (Å²) in [6, 6.07) is 23.6. The number of rotatable bonds is 5. The number of nitrogens with zero attached hydrogens (tertiary/aromatic N) is 1. The SMILES string of the molecule is O=C(O)c1cc2cc(OCCn3c4ccccc4c4ccccc43)ccc2o1. The van der Waals surface area contributed by atoms with Gasteiger partial charge >= 0.3 is 5.97 Å². The number of para-hydroxylation sites is 2. The fourth-order valence-corrected chi connectivity index (χ4v) is 3.72. The van der Waals surface area contributed by atoms with Crippen LogP contribution in [0.2, 0.25) is 0 Å². The van der Waals surface area contributed by atoms with Crippen LogP contribution < -0.4 is 4.74 Å².